The molecule has 1 aromatic rings. The molecule has 0 radical (unpaired) electrons. The Balaban J connectivity index is 2.04. The molecular weight excluding hydrogens is 186 g/mol. The molecule has 82 valence electrons. The molecule has 2 rings (SSSR count). The van der Waals surface area contributed by atoms with Gasteiger partial charge < -0.3 is 4.74 Å². The average Bonchev–Trinajstić information content (AvgIpc) is 2.24. The zero-order valence-corrected chi connectivity index (χ0v) is 9.57. The topological polar surface area (TPSA) is 12.5 Å². The zero-order chi connectivity index (χ0) is 10.7. The lowest BCUT2D eigenvalue weighted by atomic mass is 10.1. The monoisotopic (exact) mass is 205 g/mol. The van der Waals surface area contributed by atoms with E-state index in [1.54, 1.807) is 0 Å². The van der Waals surface area contributed by atoms with Gasteiger partial charge in [0.25, 0.3) is 0 Å². The van der Waals surface area contributed by atoms with Gasteiger partial charge in [0.1, 0.15) is 0 Å². The lowest BCUT2D eigenvalue weighted by Crippen LogP contribution is -2.43. The van der Waals surface area contributed by atoms with Crippen molar-refractivity contribution < 1.29 is 4.74 Å². The van der Waals surface area contributed by atoms with Gasteiger partial charge in [-0.3, -0.25) is 4.90 Å². The van der Waals surface area contributed by atoms with E-state index < -0.39 is 0 Å². The van der Waals surface area contributed by atoms with E-state index in [1.807, 2.05) is 0 Å². The van der Waals surface area contributed by atoms with E-state index in [1.165, 1.54) is 11.1 Å². The van der Waals surface area contributed by atoms with E-state index in [2.05, 4.69) is 43.0 Å². The van der Waals surface area contributed by atoms with Gasteiger partial charge in [0.2, 0.25) is 0 Å². The summed E-state index contributed by atoms with van der Waals surface area (Å²) in [4.78, 5) is 2.49. The van der Waals surface area contributed by atoms with E-state index in [0.29, 0.717) is 6.04 Å². The normalized spacial score (nSPS) is 22.9. The Hall–Kier alpha value is -0.860. The van der Waals surface area contributed by atoms with E-state index in [-0.39, 0.29) is 0 Å². The summed E-state index contributed by atoms with van der Waals surface area (Å²) in [6.07, 6.45) is 0. The fourth-order valence-electron chi connectivity index (χ4n) is 2.00. The summed E-state index contributed by atoms with van der Waals surface area (Å²) in [5.41, 5.74) is 2.82. The van der Waals surface area contributed by atoms with Crippen molar-refractivity contribution >= 4 is 0 Å². The molecule has 15 heavy (non-hydrogen) atoms. The van der Waals surface area contributed by atoms with Crippen LogP contribution in [0.5, 0.6) is 0 Å². The summed E-state index contributed by atoms with van der Waals surface area (Å²) in [6.45, 7) is 8.26. The van der Waals surface area contributed by atoms with Crippen LogP contribution in [0, 0.1) is 6.92 Å². The van der Waals surface area contributed by atoms with Crippen molar-refractivity contribution in [3.63, 3.8) is 0 Å². The minimum Gasteiger partial charge on any atom is -0.379 e. The maximum Gasteiger partial charge on any atom is 0.0619 e. The summed E-state index contributed by atoms with van der Waals surface area (Å²) < 4.78 is 5.44. The van der Waals surface area contributed by atoms with Gasteiger partial charge in [0, 0.05) is 19.1 Å². The highest BCUT2D eigenvalue weighted by Crippen LogP contribution is 2.14. The van der Waals surface area contributed by atoms with E-state index >= 15 is 0 Å². The highest BCUT2D eigenvalue weighted by molar-refractivity contribution is 5.25. The fraction of sp³-hybridized carbons (Fsp3) is 0.538. The van der Waals surface area contributed by atoms with Gasteiger partial charge in [-0.15, -0.1) is 0 Å². The van der Waals surface area contributed by atoms with Gasteiger partial charge in [0.15, 0.2) is 0 Å². The molecule has 1 atom stereocenters. The minimum atomic E-state index is 0.540. The smallest absolute Gasteiger partial charge is 0.0619 e. The van der Waals surface area contributed by atoms with Crippen LogP contribution in [0.1, 0.15) is 18.1 Å². The van der Waals surface area contributed by atoms with Crippen molar-refractivity contribution in [2.75, 3.05) is 19.8 Å². The molecule has 2 heteroatoms. The number of ether oxygens (including phenoxy) is 1. The number of morpholine rings is 1. The predicted octanol–water partition coefficient (Wildman–Crippen LogP) is 2.22. The van der Waals surface area contributed by atoms with Crippen LogP contribution in [0.3, 0.4) is 0 Å². The second-order valence-electron chi connectivity index (χ2n) is 4.32. The Bertz CT molecular complexity index is 324. The summed E-state index contributed by atoms with van der Waals surface area (Å²) in [5.74, 6) is 0. The summed E-state index contributed by atoms with van der Waals surface area (Å²) in [7, 11) is 0. The predicted molar refractivity (Wildman–Crippen MR) is 61.9 cm³/mol. The van der Waals surface area contributed by atoms with Gasteiger partial charge in [-0.25, -0.2) is 0 Å². The molecule has 0 aliphatic carbocycles. The average molecular weight is 205 g/mol. The first kappa shape index (κ1) is 10.7. The first-order valence-corrected chi connectivity index (χ1v) is 5.63. The van der Waals surface area contributed by atoms with Crippen molar-refractivity contribution in [2.24, 2.45) is 0 Å². The SMILES string of the molecule is Cc1ccccc1CN1CCOC[C@H]1C. The molecule has 1 fully saturated rings. The van der Waals surface area contributed by atoms with Gasteiger partial charge in [-0.2, -0.15) is 0 Å². The van der Waals surface area contributed by atoms with Crippen LogP contribution >= 0.6 is 0 Å². The molecule has 0 amide bonds. The number of rotatable bonds is 2. The van der Waals surface area contributed by atoms with Crippen molar-refractivity contribution in [3.8, 4) is 0 Å². The van der Waals surface area contributed by atoms with Crippen molar-refractivity contribution in [1.82, 2.24) is 4.90 Å². The molecule has 1 aliphatic heterocycles. The molecule has 1 aliphatic rings. The number of benzene rings is 1. The molecule has 1 saturated heterocycles. The molecule has 1 aromatic carbocycles. The van der Waals surface area contributed by atoms with Crippen LogP contribution in [-0.4, -0.2) is 30.7 Å². The van der Waals surface area contributed by atoms with Crippen molar-refractivity contribution in [3.05, 3.63) is 35.4 Å². The third-order valence-electron chi connectivity index (χ3n) is 3.14. The Morgan fingerprint density at radius 1 is 1.40 bits per heavy atom. The van der Waals surface area contributed by atoms with Gasteiger partial charge in [-0.1, -0.05) is 24.3 Å². The zero-order valence-electron chi connectivity index (χ0n) is 9.57. The summed E-state index contributed by atoms with van der Waals surface area (Å²) in [6, 6.07) is 9.16. The molecule has 0 unspecified atom stereocenters. The Labute approximate surface area is 91.9 Å². The number of hydrogen-bond donors (Lipinski definition) is 0. The van der Waals surface area contributed by atoms with E-state index in [4.69, 9.17) is 4.74 Å². The number of aryl methyl sites for hydroxylation is 1. The quantitative estimate of drug-likeness (QED) is 0.734. The van der Waals surface area contributed by atoms with Crippen LogP contribution < -0.4 is 0 Å². The van der Waals surface area contributed by atoms with Crippen LogP contribution in [0.15, 0.2) is 24.3 Å². The number of hydrogen-bond acceptors (Lipinski definition) is 2. The molecular formula is C13H19NO. The molecule has 2 nitrogen and oxygen atoms in total. The maximum atomic E-state index is 5.44. The molecule has 0 saturated carbocycles. The second-order valence-corrected chi connectivity index (χ2v) is 4.32. The van der Waals surface area contributed by atoms with Crippen LogP contribution in [-0.2, 0) is 11.3 Å². The highest BCUT2D eigenvalue weighted by atomic mass is 16.5. The minimum absolute atomic E-state index is 0.540. The molecule has 1 heterocycles. The summed E-state index contributed by atoms with van der Waals surface area (Å²) in [5, 5.41) is 0. The van der Waals surface area contributed by atoms with Gasteiger partial charge in [0.05, 0.1) is 13.2 Å². The van der Waals surface area contributed by atoms with E-state index in [9.17, 15) is 0 Å². The van der Waals surface area contributed by atoms with Crippen LogP contribution in [0.4, 0.5) is 0 Å². The Morgan fingerprint density at radius 2 is 2.20 bits per heavy atom. The first-order valence-electron chi connectivity index (χ1n) is 5.63. The lowest BCUT2D eigenvalue weighted by Gasteiger charge is -2.33. The second kappa shape index (κ2) is 4.77. The highest BCUT2D eigenvalue weighted by Gasteiger charge is 2.18. The standard InChI is InChI=1S/C13H19NO/c1-11-5-3-4-6-13(11)9-14-7-8-15-10-12(14)2/h3-6,12H,7-10H2,1-2H3/t12-/m1/s1. The molecule has 0 spiro atoms. The Morgan fingerprint density at radius 3 is 2.93 bits per heavy atom. The van der Waals surface area contributed by atoms with Crippen molar-refractivity contribution in [2.45, 2.75) is 26.4 Å². The third kappa shape index (κ3) is 2.58. The molecule has 0 aromatic heterocycles. The fourth-order valence-corrected chi connectivity index (χ4v) is 2.00. The first-order chi connectivity index (χ1) is 7.27. The summed E-state index contributed by atoms with van der Waals surface area (Å²) >= 11 is 0. The number of nitrogens with zero attached hydrogens (tertiary/aromatic N) is 1. The van der Waals surface area contributed by atoms with Crippen LogP contribution in [0.25, 0.3) is 0 Å². The van der Waals surface area contributed by atoms with Crippen LogP contribution in [0.2, 0.25) is 0 Å². The Kier molecular flexibility index (Phi) is 3.39. The van der Waals surface area contributed by atoms with E-state index in [0.717, 1.165) is 26.3 Å². The van der Waals surface area contributed by atoms with Gasteiger partial charge in [-0.05, 0) is 25.0 Å². The van der Waals surface area contributed by atoms with Gasteiger partial charge >= 0.3 is 0 Å². The van der Waals surface area contributed by atoms with Crippen molar-refractivity contribution in [1.29, 1.82) is 0 Å². The molecule has 0 N–H and O–H groups in total. The maximum absolute atomic E-state index is 5.44. The lowest BCUT2D eigenvalue weighted by molar-refractivity contribution is -0.00444. The molecule has 0 bridgehead atoms. The third-order valence-corrected chi connectivity index (χ3v) is 3.14. The largest absolute Gasteiger partial charge is 0.379 e.